The number of carbonyl (C=O) groups excluding carboxylic acids is 2. The van der Waals surface area contributed by atoms with Gasteiger partial charge in [-0.15, -0.1) is 11.3 Å². The summed E-state index contributed by atoms with van der Waals surface area (Å²) in [5, 5.41) is 5.62. The van der Waals surface area contributed by atoms with E-state index in [9.17, 15) is 14.4 Å². The van der Waals surface area contributed by atoms with Crippen molar-refractivity contribution in [1.29, 1.82) is 0 Å². The van der Waals surface area contributed by atoms with Crippen LogP contribution in [0.5, 0.6) is 0 Å². The monoisotopic (exact) mass is 565 g/mol. The molecule has 0 saturated heterocycles. The number of amides is 1. The zero-order valence-corrected chi connectivity index (χ0v) is 23.3. The van der Waals surface area contributed by atoms with Gasteiger partial charge in [0.15, 0.2) is 0 Å². The molecular formula is C28H29N4O5S2+. The van der Waals surface area contributed by atoms with E-state index in [1.165, 1.54) is 21.6 Å². The molecule has 2 aromatic heterocycles. The smallest absolute Gasteiger partial charge is 0.442 e. The first-order chi connectivity index (χ1) is 18.9. The van der Waals surface area contributed by atoms with E-state index in [0.29, 0.717) is 29.2 Å². The number of hydrogen-bond donors (Lipinski definition) is 2. The lowest BCUT2D eigenvalue weighted by atomic mass is 10.0. The Morgan fingerprint density at radius 1 is 1.18 bits per heavy atom. The number of benzene rings is 2. The molecule has 11 heteroatoms. The van der Waals surface area contributed by atoms with Crippen LogP contribution in [-0.4, -0.2) is 40.4 Å². The summed E-state index contributed by atoms with van der Waals surface area (Å²) in [7, 11) is 0. The third-order valence-electron chi connectivity index (χ3n) is 6.38. The molecule has 0 aliphatic carbocycles. The minimum absolute atomic E-state index is 0.242. The normalized spacial score (nSPS) is 14.0. The zero-order valence-electron chi connectivity index (χ0n) is 21.6. The third kappa shape index (κ3) is 6.00. The second-order valence-electron chi connectivity index (χ2n) is 9.08. The van der Waals surface area contributed by atoms with Gasteiger partial charge in [-0.2, -0.15) is 0 Å². The molecule has 1 amide bonds. The van der Waals surface area contributed by atoms with Crippen LogP contribution in [0, 0.1) is 0 Å². The minimum atomic E-state index is -0.651. The first kappa shape index (κ1) is 26.9. The van der Waals surface area contributed by atoms with E-state index in [1.807, 2.05) is 48.5 Å². The highest BCUT2D eigenvalue weighted by Gasteiger charge is 2.32. The van der Waals surface area contributed by atoms with Crippen LogP contribution in [0.3, 0.4) is 0 Å². The Bertz CT molecular complexity index is 1510. The Morgan fingerprint density at radius 2 is 1.90 bits per heavy atom. The quantitative estimate of drug-likeness (QED) is 0.178. The topological polar surface area (TPSA) is 109 Å². The van der Waals surface area contributed by atoms with Gasteiger partial charge >= 0.3 is 16.6 Å². The van der Waals surface area contributed by atoms with Crippen molar-refractivity contribution < 1.29 is 23.5 Å². The van der Waals surface area contributed by atoms with E-state index in [-0.39, 0.29) is 17.5 Å². The number of nitrogens with zero attached hydrogens (tertiary/aromatic N) is 2. The highest BCUT2D eigenvalue weighted by Crippen LogP contribution is 2.38. The molecule has 1 aliphatic heterocycles. The van der Waals surface area contributed by atoms with Crippen molar-refractivity contribution in [1.82, 2.24) is 10.2 Å². The molecule has 0 bridgehead atoms. The molecule has 0 radical (unpaired) electrons. The van der Waals surface area contributed by atoms with Crippen LogP contribution in [0.4, 0.5) is 5.00 Å². The Kier molecular flexibility index (Phi) is 8.30. The summed E-state index contributed by atoms with van der Waals surface area (Å²) in [6.45, 7) is 6.01. The maximum atomic E-state index is 13.3. The number of aromatic amines is 1. The minimum Gasteiger partial charge on any atom is -0.462 e. The fourth-order valence-electron chi connectivity index (χ4n) is 4.49. The van der Waals surface area contributed by atoms with Crippen molar-refractivity contribution in [2.45, 2.75) is 43.6 Å². The number of H-pyrrole nitrogens is 1. The molecule has 5 rings (SSSR count). The molecule has 3 heterocycles. The number of carbonyl (C=O) groups is 2. The summed E-state index contributed by atoms with van der Waals surface area (Å²) in [4.78, 5) is 42.1. The lowest BCUT2D eigenvalue weighted by Crippen LogP contribution is -2.37. The van der Waals surface area contributed by atoms with Gasteiger partial charge < -0.3 is 10.1 Å². The highest BCUT2D eigenvalue weighted by atomic mass is 32.2. The summed E-state index contributed by atoms with van der Waals surface area (Å²) >= 11 is 2.49. The average Bonchev–Trinajstić information content (AvgIpc) is 3.49. The second-order valence-corrected chi connectivity index (χ2v) is 11.5. The SMILES string of the molecule is CCOC(=O)c1c(NC(=O)C(C)Sc2c(=O)o[nH][n+]2-c2ccccc2)sc2c1CCN(Cc1ccccc1)C2. The van der Waals surface area contributed by atoms with Gasteiger partial charge in [0.05, 0.1) is 17.4 Å². The summed E-state index contributed by atoms with van der Waals surface area (Å²) in [6.07, 6.45) is 0.689. The second kappa shape index (κ2) is 12.0. The van der Waals surface area contributed by atoms with Gasteiger partial charge in [0.2, 0.25) is 11.6 Å². The number of fused-ring (bicyclic) bond motifs is 1. The standard InChI is InChI=1S/C28H28N4O5S2/c1-3-36-27(34)23-21-14-15-31(16-19-10-6-4-7-11-19)17-22(21)39-25(23)29-24(33)18(2)38-26-28(35)37-30-32(26)20-12-8-5-9-13-20/h4-13,18H,3,14-17H2,1-2H3,(H-,29,30,33,34,35)/p+1. The summed E-state index contributed by atoms with van der Waals surface area (Å²) in [6, 6.07) is 19.5. The largest absolute Gasteiger partial charge is 0.462 e. The van der Waals surface area contributed by atoms with Gasteiger partial charge in [-0.3, -0.25) is 14.2 Å². The van der Waals surface area contributed by atoms with Crippen molar-refractivity contribution in [2.24, 2.45) is 0 Å². The first-order valence-electron chi connectivity index (χ1n) is 12.7. The van der Waals surface area contributed by atoms with Crippen LogP contribution < -0.4 is 15.6 Å². The highest BCUT2D eigenvalue weighted by molar-refractivity contribution is 8.00. The van der Waals surface area contributed by atoms with Crippen LogP contribution in [0.25, 0.3) is 5.69 Å². The van der Waals surface area contributed by atoms with Crippen LogP contribution in [0.2, 0.25) is 0 Å². The number of ether oxygens (including phenoxy) is 1. The van der Waals surface area contributed by atoms with Crippen molar-refractivity contribution in [3.8, 4) is 5.69 Å². The van der Waals surface area contributed by atoms with Gasteiger partial charge in [-0.1, -0.05) is 48.5 Å². The van der Waals surface area contributed by atoms with Crippen molar-refractivity contribution in [2.75, 3.05) is 18.5 Å². The zero-order chi connectivity index (χ0) is 27.4. The van der Waals surface area contributed by atoms with E-state index < -0.39 is 16.8 Å². The molecule has 1 unspecified atom stereocenters. The molecule has 2 N–H and O–H groups in total. The predicted octanol–water partition coefficient (Wildman–Crippen LogP) is 4.16. The molecule has 0 fully saturated rings. The number of rotatable bonds is 9. The molecule has 4 aromatic rings. The van der Waals surface area contributed by atoms with Gasteiger partial charge in [0.1, 0.15) is 5.00 Å². The number of thioether (sulfide) groups is 1. The van der Waals surface area contributed by atoms with Crippen LogP contribution >= 0.6 is 23.1 Å². The molecule has 0 saturated carbocycles. The maximum Gasteiger partial charge on any atom is 0.442 e. The molecule has 1 atom stereocenters. The van der Waals surface area contributed by atoms with Crippen molar-refractivity contribution >= 4 is 40.0 Å². The van der Waals surface area contributed by atoms with E-state index in [0.717, 1.165) is 35.3 Å². The van der Waals surface area contributed by atoms with E-state index in [2.05, 4.69) is 27.6 Å². The molecular weight excluding hydrogens is 536 g/mol. The molecule has 202 valence electrons. The lowest BCUT2D eigenvalue weighted by molar-refractivity contribution is -0.704. The van der Waals surface area contributed by atoms with E-state index in [1.54, 1.807) is 13.8 Å². The van der Waals surface area contributed by atoms with Crippen molar-refractivity contribution in [3.05, 3.63) is 92.7 Å². The number of nitrogens with one attached hydrogen (secondary N) is 2. The number of anilines is 1. The van der Waals surface area contributed by atoms with Gasteiger partial charge in [-0.25, -0.2) is 9.59 Å². The fourth-order valence-corrected chi connectivity index (χ4v) is 6.65. The molecule has 2 aromatic carbocycles. The van der Waals surface area contributed by atoms with Crippen LogP contribution in [0.1, 0.15) is 40.2 Å². The van der Waals surface area contributed by atoms with E-state index in [4.69, 9.17) is 9.26 Å². The number of hydrogen-bond acceptors (Lipinski definition) is 8. The number of para-hydroxylation sites is 1. The van der Waals surface area contributed by atoms with Crippen LogP contribution in [-0.2, 0) is 29.0 Å². The lowest BCUT2D eigenvalue weighted by Gasteiger charge is -2.27. The van der Waals surface area contributed by atoms with E-state index >= 15 is 0 Å². The summed E-state index contributed by atoms with van der Waals surface area (Å²) in [5.74, 6) is -0.763. The molecule has 39 heavy (non-hydrogen) atoms. The molecule has 9 nitrogen and oxygen atoms in total. The first-order valence-corrected chi connectivity index (χ1v) is 14.4. The Morgan fingerprint density at radius 3 is 2.62 bits per heavy atom. The summed E-state index contributed by atoms with van der Waals surface area (Å²) in [5.41, 5.74) is 2.73. The molecule has 1 aliphatic rings. The van der Waals surface area contributed by atoms with Crippen LogP contribution in [0.15, 0.2) is 75.0 Å². The van der Waals surface area contributed by atoms with Gasteiger partial charge in [0, 0.05) is 36.6 Å². The van der Waals surface area contributed by atoms with Crippen molar-refractivity contribution in [3.63, 3.8) is 0 Å². The fraction of sp³-hybridized carbons (Fsp3) is 0.286. The molecule has 0 spiro atoms. The Labute approximate surface area is 233 Å². The predicted molar refractivity (Wildman–Crippen MR) is 149 cm³/mol. The van der Waals surface area contributed by atoms with Gasteiger partial charge in [-0.05, 0) is 53.1 Å². The third-order valence-corrected chi connectivity index (χ3v) is 8.65. The number of esters is 1. The maximum absolute atomic E-state index is 13.3. The Balaban J connectivity index is 1.35. The number of thiophene rings is 1. The number of aromatic nitrogens is 2. The Hall–Kier alpha value is -3.67. The van der Waals surface area contributed by atoms with Gasteiger partial charge in [0.25, 0.3) is 0 Å². The summed E-state index contributed by atoms with van der Waals surface area (Å²) < 4.78 is 11.9. The average molecular weight is 566 g/mol.